The summed E-state index contributed by atoms with van der Waals surface area (Å²) in [5.41, 5.74) is 0.649. The summed E-state index contributed by atoms with van der Waals surface area (Å²) >= 11 is 1.22. The topological polar surface area (TPSA) is 146 Å². The van der Waals surface area contributed by atoms with Gasteiger partial charge in [0, 0.05) is 24.3 Å². The first-order valence-corrected chi connectivity index (χ1v) is 10.9. The molecule has 2 amide bonds. The van der Waals surface area contributed by atoms with Crippen molar-refractivity contribution < 1.29 is 33.5 Å². The molecule has 3 aromatic rings. The van der Waals surface area contributed by atoms with Crippen LogP contribution in [-0.4, -0.2) is 43.5 Å². The molecule has 0 aliphatic carbocycles. The summed E-state index contributed by atoms with van der Waals surface area (Å²) in [5.74, 6) is -1.57. The Morgan fingerprint density at radius 3 is 2.34 bits per heavy atom. The third kappa shape index (κ3) is 6.12. The van der Waals surface area contributed by atoms with Gasteiger partial charge in [-0.25, -0.2) is 4.79 Å². The maximum absolute atomic E-state index is 12.8. The molecule has 2 aromatic carbocycles. The predicted octanol–water partition coefficient (Wildman–Crippen LogP) is 4.03. The SMILES string of the molecule is COc1cc(NC(=O)c2cccs2)c(C(=O)OCC(=O)Nc2cc([N+](=O)[O-])ccc2C)cc1OC. The van der Waals surface area contributed by atoms with E-state index in [9.17, 15) is 24.5 Å². The zero-order valence-electron chi connectivity index (χ0n) is 18.9. The molecule has 1 heterocycles. The average Bonchev–Trinajstić information content (AvgIpc) is 3.38. The van der Waals surface area contributed by atoms with Crippen molar-refractivity contribution in [2.24, 2.45) is 0 Å². The number of hydrogen-bond donors (Lipinski definition) is 2. The highest BCUT2D eigenvalue weighted by atomic mass is 32.1. The lowest BCUT2D eigenvalue weighted by atomic mass is 10.1. The number of thiophene rings is 1. The first kappa shape index (κ1) is 25.2. The summed E-state index contributed by atoms with van der Waals surface area (Å²) < 4.78 is 15.6. The second-order valence-electron chi connectivity index (χ2n) is 7.06. The van der Waals surface area contributed by atoms with Gasteiger partial charge in [-0.05, 0) is 23.9 Å². The monoisotopic (exact) mass is 499 g/mol. The molecule has 0 spiro atoms. The number of ether oxygens (including phenoxy) is 3. The Morgan fingerprint density at radius 2 is 1.71 bits per heavy atom. The van der Waals surface area contributed by atoms with Crippen LogP contribution in [0.15, 0.2) is 47.8 Å². The Hall–Kier alpha value is -4.45. The van der Waals surface area contributed by atoms with Crippen LogP contribution in [0.3, 0.4) is 0 Å². The van der Waals surface area contributed by atoms with Crippen molar-refractivity contribution in [2.75, 3.05) is 31.5 Å². The van der Waals surface area contributed by atoms with Gasteiger partial charge in [0.25, 0.3) is 17.5 Å². The highest BCUT2D eigenvalue weighted by molar-refractivity contribution is 7.12. The normalized spacial score (nSPS) is 10.3. The number of methoxy groups -OCH3 is 2. The van der Waals surface area contributed by atoms with Crippen LogP contribution >= 0.6 is 11.3 Å². The molecule has 182 valence electrons. The molecular formula is C23H21N3O8S. The summed E-state index contributed by atoms with van der Waals surface area (Å²) in [6.07, 6.45) is 0. The number of hydrogen-bond acceptors (Lipinski definition) is 9. The van der Waals surface area contributed by atoms with Gasteiger partial charge in [-0.3, -0.25) is 19.7 Å². The van der Waals surface area contributed by atoms with Gasteiger partial charge in [0.1, 0.15) is 0 Å². The lowest BCUT2D eigenvalue weighted by Gasteiger charge is -2.15. The number of nitrogens with one attached hydrogen (secondary N) is 2. The number of aryl methyl sites for hydroxylation is 1. The smallest absolute Gasteiger partial charge is 0.340 e. The van der Waals surface area contributed by atoms with Gasteiger partial charge in [0.15, 0.2) is 18.1 Å². The highest BCUT2D eigenvalue weighted by Gasteiger charge is 2.22. The molecule has 0 bridgehead atoms. The minimum absolute atomic E-state index is 0.0631. The van der Waals surface area contributed by atoms with Crippen LogP contribution in [0.25, 0.3) is 0 Å². The fraction of sp³-hybridized carbons (Fsp3) is 0.174. The molecule has 0 saturated heterocycles. The summed E-state index contributed by atoms with van der Waals surface area (Å²) in [5, 5.41) is 17.8. The standard InChI is InChI=1S/C23H21N3O8S/c1-13-6-7-14(26(30)31)9-16(13)24-21(27)12-34-23(29)15-10-18(32-2)19(33-3)11-17(15)25-22(28)20-5-4-8-35-20/h4-11H,12H2,1-3H3,(H,24,27)(H,25,28). The number of amides is 2. The Morgan fingerprint density at radius 1 is 1.00 bits per heavy atom. The molecular weight excluding hydrogens is 478 g/mol. The van der Waals surface area contributed by atoms with Crippen LogP contribution in [0.5, 0.6) is 11.5 Å². The van der Waals surface area contributed by atoms with Gasteiger partial charge >= 0.3 is 5.97 Å². The molecule has 0 fully saturated rings. The maximum Gasteiger partial charge on any atom is 0.340 e. The molecule has 0 radical (unpaired) electrons. The summed E-state index contributed by atoms with van der Waals surface area (Å²) in [6.45, 7) is 0.991. The van der Waals surface area contributed by atoms with Crippen molar-refractivity contribution in [2.45, 2.75) is 6.92 Å². The number of non-ortho nitro benzene ring substituents is 1. The van der Waals surface area contributed by atoms with Gasteiger partial charge in [-0.1, -0.05) is 12.1 Å². The van der Waals surface area contributed by atoms with Gasteiger partial charge in [0.05, 0.1) is 41.0 Å². The fourth-order valence-corrected chi connectivity index (χ4v) is 3.62. The molecule has 35 heavy (non-hydrogen) atoms. The number of nitrogens with zero attached hydrogens (tertiary/aromatic N) is 1. The number of carbonyl (C=O) groups is 3. The van der Waals surface area contributed by atoms with E-state index in [0.29, 0.717) is 10.4 Å². The number of nitro benzene ring substituents is 1. The minimum Gasteiger partial charge on any atom is -0.493 e. The fourth-order valence-electron chi connectivity index (χ4n) is 3.00. The van der Waals surface area contributed by atoms with E-state index >= 15 is 0 Å². The molecule has 0 unspecified atom stereocenters. The molecule has 1 aromatic heterocycles. The Balaban J connectivity index is 1.77. The van der Waals surface area contributed by atoms with Crippen molar-refractivity contribution in [1.29, 1.82) is 0 Å². The largest absolute Gasteiger partial charge is 0.493 e. The van der Waals surface area contributed by atoms with E-state index in [-0.39, 0.29) is 34.1 Å². The minimum atomic E-state index is -0.904. The van der Waals surface area contributed by atoms with Crippen LogP contribution in [0.1, 0.15) is 25.6 Å². The van der Waals surface area contributed by atoms with Crippen LogP contribution < -0.4 is 20.1 Å². The van der Waals surface area contributed by atoms with Crippen molar-refractivity contribution in [3.05, 3.63) is 74.0 Å². The van der Waals surface area contributed by atoms with Crippen LogP contribution in [0.2, 0.25) is 0 Å². The van der Waals surface area contributed by atoms with Crippen molar-refractivity contribution in [1.82, 2.24) is 0 Å². The molecule has 0 aliphatic rings. The summed E-state index contributed by atoms with van der Waals surface area (Å²) in [4.78, 5) is 48.5. The van der Waals surface area contributed by atoms with E-state index < -0.39 is 29.3 Å². The van der Waals surface area contributed by atoms with E-state index in [1.54, 1.807) is 24.4 Å². The van der Waals surface area contributed by atoms with Gasteiger partial charge in [-0.2, -0.15) is 0 Å². The number of anilines is 2. The molecule has 0 atom stereocenters. The zero-order chi connectivity index (χ0) is 25.5. The molecule has 3 rings (SSSR count). The van der Waals surface area contributed by atoms with Crippen LogP contribution in [-0.2, 0) is 9.53 Å². The van der Waals surface area contributed by atoms with Crippen molar-refractivity contribution in [3.8, 4) is 11.5 Å². The van der Waals surface area contributed by atoms with E-state index in [0.717, 1.165) is 0 Å². The first-order chi connectivity index (χ1) is 16.7. The number of benzene rings is 2. The average molecular weight is 500 g/mol. The lowest BCUT2D eigenvalue weighted by molar-refractivity contribution is -0.384. The molecule has 2 N–H and O–H groups in total. The van der Waals surface area contributed by atoms with Gasteiger partial charge in [-0.15, -0.1) is 11.3 Å². The summed E-state index contributed by atoms with van der Waals surface area (Å²) in [6, 6.07) is 10.1. The van der Waals surface area contributed by atoms with Crippen LogP contribution in [0, 0.1) is 17.0 Å². The Kier molecular flexibility index (Phi) is 8.00. The first-order valence-electron chi connectivity index (χ1n) is 10.1. The van der Waals surface area contributed by atoms with E-state index in [4.69, 9.17) is 14.2 Å². The Labute approximate surface area is 203 Å². The molecule has 0 aliphatic heterocycles. The molecule has 12 heteroatoms. The summed E-state index contributed by atoms with van der Waals surface area (Å²) in [7, 11) is 2.78. The third-order valence-electron chi connectivity index (χ3n) is 4.78. The van der Waals surface area contributed by atoms with Gasteiger partial charge < -0.3 is 24.8 Å². The highest BCUT2D eigenvalue weighted by Crippen LogP contribution is 2.34. The second-order valence-corrected chi connectivity index (χ2v) is 8.01. The quantitative estimate of drug-likeness (QED) is 0.255. The molecule has 0 saturated carbocycles. The number of rotatable bonds is 9. The number of esters is 1. The number of carbonyl (C=O) groups excluding carboxylic acids is 3. The van der Waals surface area contributed by atoms with E-state index in [2.05, 4.69) is 10.6 Å². The zero-order valence-corrected chi connectivity index (χ0v) is 19.8. The van der Waals surface area contributed by atoms with E-state index in [1.807, 2.05) is 0 Å². The predicted molar refractivity (Wildman–Crippen MR) is 129 cm³/mol. The van der Waals surface area contributed by atoms with Crippen LogP contribution in [0.4, 0.5) is 17.1 Å². The lowest BCUT2D eigenvalue weighted by Crippen LogP contribution is -2.22. The second kappa shape index (κ2) is 11.1. The maximum atomic E-state index is 12.8. The van der Waals surface area contributed by atoms with Gasteiger partial charge in [0.2, 0.25) is 0 Å². The number of nitro groups is 1. The van der Waals surface area contributed by atoms with Crippen molar-refractivity contribution >= 4 is 46.2 Å². The van der Waals surface area contributed by atoms with Crippen molar-refractivity contribution in [3.63, 3.8) is 0 Å². The Bertz CT molecular complexity index is 1270. The molecule has 11 nitrogen and oxygen atoms in total. The van der Waals surface area contributed by atoms with E-state index in [1.165, 1.54) is 55.9 Å². The third-order valence-corrected chi connectivity index (χ3v) is 5.65.